The van der Waals surface area contributed by atoms with Gasteiger partial charge in [-0.2, -0.15) is 18.3 Å². The van der Waals surface area contributed by atoms with Crippen molar-refractivity contribution in [1.82, 2.24) is 10.7 Å². The van der Waals surface area contributed by atoms with E-state index in [1.807, 2.05) is 0 Å². The number of nitrogens with zero attached hydrogens (tertiary/aromatic N) is 2. The number of carbonyl (C=O) groups is 1. The van der Waals surface area contributed by atoms with Crippen LogP contribution < -0.4 is 25.7 Å². The topological polar surface area (TPSA) is 78.0 Å². The number of halogens is 3. The molecule has 0 aliphatic carbocycles. The lowest BCUT2D eigenvalue weighted by Gasteiger charge is -2.39. The van der Waals surface area contributed by atoms with Crippen LogP contribution in [-0.4, -0.2) is 49.7 Å². The molecule has 1 saturated heterocycles. The zero-order valence-electron chi connectivity index (χ0n) is 14.9. The highest BCUT2D eigenvalue weighted by atomic mass is 19.4. The summed E-state index contributed by atoms with van der Waals surface area (Å²) in [6.07, 6.45) is -4.37. The first-order valence-electron chi connectivity index (χ1n) is 8.76. The van der Waals surface area contributed by atoms with Gasteiger partial charge in [0.25, 0.3) is 5.91 Å². The van der Waals surface area contributed by atoms with Crippen molar-refractivity contribution in [2.45, 2.75) is 38.0 Å². The Bertz CT molecular complexity index is 806. The number of hydrogen-bond acceptors (Lipinski definition) is 6. The van der Waals surface area contributed by atoms with Crippen molar-refractivity contribution in [3.8, 4) is 5.75 Å². The second-order valence-electron chi connectivity index (χ2n) is 7.01. The second kappa shape index (κ2) is 6.29. The van der Waals surface area contributed by atoms with Gasteiger partial charge in [0.2, 0.25) is 0 Å². The van der Waals surface area contributed by atoms with E-state index in [2.05, 4.69) is 21.2 Å². The fourth-order valence-electron chi connectivity index (χ4n) is 3.36. The molecule has 27 heavy (non-hydrogen) atoms. The molecule has 1 aromatic carbocycles. The van der Waals surface area contributed by atoms with E-state index in [9.17, 15) is 18.0 Å². The van der Waals surface area contributed by atoms with Crippen molar-refractivity contribution in [3.05, 3.63) is 17.7 Å². The minimum atomic E-state index is -4.37. The summed E-state index contributed by atoms with van der Waals surface area (Å²) >= 11 is 0. The van der Waals surface area contributed by atoms with Gasteiger partial charge in [-0.25, -0.2) is 5.43 Å². The third-order valence-electron chi connectivity index (χ3n) is 5.19. The van der Waals surface area contributed by atoms with Gasteiger partial charge in [0, 0.05) is 18.8 Å². The molecular weight excluding hydrogens is 363 g/mol. The van der Waals surface area contributed by atoms with Gasteiger partial charge in [-0.15, -0.1) is 0 Å². The summed E-state index contributed by atoms with van der Waals surface area (Å²) in [6.45, 7) is 4.30. The number of ether oxygens (including phenoxy) is 1. The van der Waals surface area contributed by atoms with E-state index in [1.165, 1.54) is 6.07 Å². The van der Waals surface area contributed by atoms with Crippen molar-refractivity contribution in [2.24, 2.45) is 5.10 Å². The van der Waals surface area contributed by atoms with Crippen LogP contribution in [0.2, 0.25) is 0 Å². The van der Waals surface area contributed by atoms with Gasteiger partial charge in [-0.05, 0) is 31.5 Å². The smallest absolute Gasteiger partial charge is 0.395 e. The van der Waals surface area contributed by atoms with Crippen LogP contribution in [0.4, 0.5) is 24.5 Å². The standard InChI is InChI=1S/C17H20F3N5O2/c1-8(17(18,19)20)11-3-14-13(4-12(11)22-10-5-21-6-10)25-9(2)16(26)24-23-15(25)7-27-14/h3-4,8-10,21-22H,5-7H2,1-2H3,(H,24,26)/t8-,9?/m0/s1. The van der Waals surface area contributed by atoms with Crippen LogP contribution in [0.5, 0.6) is 5.75 Å². The summed E-state index contributed by atoms with van der Waals surface area (Å²) in [7, 11) is 0. The fourth-order valence-corrected chi connectivity index (χ4v) is 3.36. The zero-order valence-corrected chi connectivity index (χ0v) is 14.9. The molecule has 0 radical (unpaired) electrons. The Kier molecular flexibility index (Phi) is 4.17. The Morgan fingerprint density at radius 1 is 1.37 bits per heavy atom. The molecule has 10 heteroatoms. The molecule has 1 amide bonds. The number of fused-ring (bicyclic) bond motifs is 3. The molecule has 0 aromatic heterocycles. The summed E-state index contributed by atoms with van der Waals surface area (Å²) in [5, 5.41) is 10.3. The number of anilines is 2. The third kappa shape index (κ3) is 3.07. The van der Waals surface area contributed by atoms with Crippen LogP contribution in [0.1, 0.15) is 25.3 Å². The van der Waals surface area contributed by atoms with Crippen LogP contribution in [0.3, 0.4) is 0 Å². The normalized spacial score (nSPS) is 23.3. The van der Waals surface area contributed by atoms with Crippen molar-refractivity contribution in [1.29, 1.82) is 0 Å². The number of alkyl halides is 3. The number of amidine groups is 1. The zero-order chi connectivity index (χ0) is 19.3. The van der Waals surface area contributed by atoms with Crippen LogP contribution in [0.15, 0.2) is 17.2 Å². The molecule has 4 rings (SSSR count). The maximum Gasteiger partial charge on any atom is 0.395 e. The Morgan fingerprint density at radius 2 is 2.11 bits per heavy atom. The van der Waals surface area contributed by atoms with Crippen LogP contribution in [-0.2, 0) is 4.79 Å². The molecule has 146 valence electrons. The minimum absolute atomic E-state index is 0.0574. The van der Waals surface area contributed by atoms with E-state index in [0.717, 1.165) is 6.92 Å². The average Bonchev–Trinajstić information content (AvgIpc) is 2.58. The molecule has 3 heterocycles. The van der Waals surface area contributed by atoms with Gasteiger partial charge in [0.05, 0.1) is 17.6 Å². The SMILES string of the molecule is CC1C(=O)NN=C2COc3cc([C@H](C)C(F)(F)F)c(NC4CNC4)cc3N21. The number of benzene rings is 1. The quantitative estimate of drug-likeness (QED) is 0.742. The summed E-state index contributed by atoms with van der Waals surface area (Å²) in [5.74, 6) is -1.10. The molecule has 3 N–H and O–H groups in total. The highest BCUT2D eigenvalue weighted by Crippen LogP contribution is 2.45. The van der Waals surface area contributed by atoms with E-state index in [-0.39, 0.29) is 24.1 Å². The molecule has 0 spiro atoms. The number of hydrogen-bond donors (Lipinski definition) is 3. The lowest BCUT2D eigenvalue weighted by atomic mass is 9.95. The van der Waals surface area contributed by atoms with Crippen molar-refractivity contribution in [2.75, 3.05) is 29.9 Å². The molecule has 0 bridgehead atoms. The summed E-state index contributed by atoms with van der Waals surface area (Å²) in [4.78, 5) is 13.7. The summed E-state index contributed by atoms with van der Waals surface area (Å²) < 4.78 is 45.8. The number of amides is 1. The minimum Gasteiger partial charge on any atom is -0.483 e. The molecule has 3 aliphatic rings. The first kappa shape index (κ1) is 17.9. The Hall–Kier alpha value is -2.49. The van der Waals surface area contributed by atoms with Crippen molar-refractivity contribution < 1.29 is 22.7 Å². The Morgan fingerprint density at radius 3 is 2.74 bits per heavy atom. The van der Waals surface area contributed by atoms with Gasteiger partial charge < -0.3 is 20.3 Å². The van der Waals surface area contributed by atoms with Crippen molar-refractivity contribution >= 4 is 23.1 Å². The summed E-state index contributed by atoms with van der Waals surface area (Å²) in [6, 6.07) is 2.58. The molecular formula is C17H20F3N5O2. The fraction of sp³-hybridized carbons (Fsp3) is 0.529. The monoisotopic (exact) mass is 383 g/mol. The van der Waals surface area contributed by atoms with E-state index < -0.39 is 18.1 Å². The first-order chi connectivity index (χ1) is 12.8. The number of carbonyl (C=O) groups excluding carboxylic acids is 1. The van der Waals surface area contributed by atoms with E-state index in [4.69, 9.17) is 4.74 Å². The largest absolute Gasteiger partial charge is 0.483 e. The van der Waals surface area contributed by atoms with Gasteiger partial charge in [0.15, 0.2) is 5.84 Å². The van der Waals surface area contributed by atoms with Crippen LogP contribution in [0.25, 0.3) is 0 Å². The first-order valence-corrected chi connectivity index (χ1v) is 8.76. The molecule has 1 aromatic rings. The Labute approximate surface area is 153 Å². The van der Waals surface area contributed by atoms with E-state index in [1.54, 1.807) is 17.9 Å². The van der Waals surface area contributed by atoms with Gasteiger partial charge >= 0.3 is 6.18 Å². The number of hydrazone groups is 1. The maximum atomic E-state index is 13.4. The van der Waals surface area contributed by atoms with Gasteiger partial charge in [-0.1, -0.05) is 0 Å². The summed E-state index contributed by atoms with van der Waals surface area (Å²) in [5.41, 5.74) is 3.49. The van der Waals surface area contributed by atoms with Gasteiger partial charge in [-0.3, -0.25) is 4.79 Å². The average molecular weight is 383 g/mol. The second-order valence-corrected chi connectivity index (χ2v) is 7.01. The Balaban J connectivity index is 1.80. The predicted octanol–water partition coefficient (Wildman–Crippen LogP) is 1.77. The third-order valence-corrected chi connectivity index (χ3v) is 5.19. The highest BCUT2D eigenvalue weighted by molar-refractivity contribution is 6.09. The van der Waals surface area contributed by atoms with Gasteiger partial charge in [0.1, 0.15) is 18.4 Å². The molecule has 1 fully saturated rings. The van der Waals surface area contributed by atoms with Crippen LogP contribution in [0, 0.1) is 0 Å². The highest BCUT2D eigenvalue weighted by Gasteiger charge is 2.41. The van der Waals surface area contributed by atoms with Crippen molar-refractivity contribution in [3.63, 3.8) is 0 Å². The predicted molar refractivity (Wildman–Crippen MR) is 94.2 cm³/mol. The van der Waals surface area contributed by atoms with Crippen LogP contribution >= 0.6 is 0 Å². The lowest BCUT2D eigenvalue weighted by molar-refractivity contribution is -0.146. The van der Waals surface area contributed by atoms with E-state index in [0.29, 0.717) is 36.0 Å². The molecule has 1 unspecified atom stereocenters. The molecule has 2 atom stereocenters. The molecule has 3 aliphatic heterocycles. The lowest BCUT2D eigenvalue weighted by Crippen LogP contribution is -2.55. The number of rotatable bonds is 3. The maximum absolute atomic E-state index is 13.4. The molecule has 0 saturated carbocycles. The van der Waals surface area contributed by atoms with E-state index >= 15 is 0 Å². The number of nitrogens with one attached hydrogen (secondary N) is 3. The molecule has 7 nitrogen and oxygen atoms in total.